The van der Waals surface area contributed by atoms with Gasteiger partial charge in [0.1, 0.15) is 5.82 Å². The number of anilines is 1. The Hall–Kier alpha value is -1.35. The zero-order chi connectivity index (χ0) is 14.1. The summed E-state index contributed by atoms with van der Waals surface area (Å²) in [6, 6.07) is 14.1. The Labute approximate surface area is 127 Å². The first-order valence-corrected chi connectivity index (χ1v) is 7.70. The van der Waals surface area contributed by atoms with Crippen LogP contribution < -0.4 is 5.32 Å². The van der Waals surface area contributed by atoms with E-state index in [-0.39, 0.29) is 5.82 Å². The van der Waals surface area contributed by atoms with E-state index in [2.05, 4.69) is 52.4 Å². The molecule has 0 atom stereocenters. The molecule has 0 aromatic heterocycles. The summed E-state index contributed by atoms with van der Waals surface area (Å²) < 4.78 is 14.5. The summed E-state index contributed by atoms with van der Waals surface area (Å²) in [5.74, 6) is 0.408. The third kappa shape index (κ3) is 2.73. The van der Waals surface area contributed by atoms with E-state index in [1.165, 1.54) is 17.2 Å². The van der Waals surface area contributed by atoms with Crippen LogP contribution in [0.1, 0.15) is 29.9 Å². The molecule has 1 aliphatic rings. The van der Waals surface area contributed by atoms with E-state index in [1.54, 1.807) is 6.07 Å². The van der Waals surface area contributed by atoms with Crippen molar-refractivity contribution in [3.8, 4) is 0 Å². The minimum absolute atomic E-state index is 0.196. The van der Waals surface area contributed by atoms with Gasteiger partial charge in [0.25, 0.3) is 0 Å². The van der Waals surface area contributed by atoms with Gasteiger partial charge in [-0.05, 0) is 55.0 Å². The van der Waals surface area contributed by atoms with Crippen LogP contribution in [0.4, 0.5) is 10.1 Å². The Morgan fingerprint density at radius 3 is 2.60 bits per heavy atom. The van der Waals surface area contributed by atoms with Gasteiger partial charge in [0.05, 0.1) is 5.69 Å². The number of halogens is 2. The molecule has 3 rings (SSSR count). The van der Waals surface area contributed by atoms with Crippen molar-refractivity contribution in [2.75, 3.05) is 5.32 Å². The molecule has 0 heterocycles. The van der Waals surface area contributed by atoms with Crippen LogP contribution in [-0.2, 0) is 0 Å². The van der Waals surface area contributed by atoms with Crippen LogP contribution in [0.5, 0.6) is 0 Å². The lowest BCUT2D eigenvalue weighted by Gasteiger charge is -2.37. The average molecular weight is 334 g/mol. The molecule has 0 radical (unpaired) electrons. The normalized spacial score (nSPS) is 21.4. The fourth-order valence-corrected chi connectivity index (χ4v) is 3.19. The third-order valence-corrected chi connectivity index (χ3v) is 4.55. The molecule has 3 heteroatoms. The maximum Gasteiger partial charge on any atom is 0.147 e. The van der Waals surface area contributed by atoms with Gasteiger partial charge in [-0.1, -0.05) is 40.2 Å². The highest BCUT2D eigenvalue weighted by molar-refractivity contribution is 9.10. The molecule has 0 spiro atoms. The van der Waals surface area contributed by atoms with E-state index in [1.807, 2.05) is 6.07 Å². The van der Waals surface area contributed by atoms with E-state index in [9.17, 15) is 4.39 Å². The molecule has 0 aliphatic heterocycles. The first-order valence-electron chi connectivity index (χ1n) is 6.90. The zero-order valence-corrected chi connectivity index (χ0v) is 13.0. The second-order valence-corrected chi connectivity index (χ2v) is 6.41. The fraction of sp³-hybridized carbons (Fsp3) is 0.294. The summed E-state index contributed by atoms with van der Waals surface area (Å²) in [5.41, 5.74) is 3.38. The number of aryl methyl sites for hydroxylation is 1. The highest BCUT2D eigenvalue weighted by atomic mass is 79.9. The van der Waals surface area contributed by atoms with Gasteiger partial charge in [-0.2, -0.15) is 0 Å². The number of hydrogen-bond acceptors (Lipinski definition) is 1. The summed E-state index contributed by atoms with van der Waals surface area (Å²) >= 11 is 3.27. The van der Waals surface area contributed by atoms with Crippen molar-refractivity contribution in [1.29, 1.82) is 0 Å². The van der Waals surface area contributed by atoms with Crippen LogP contribution in [0.25, 0.3) is 0 Å². The molecule has 0 amide bonds. The lowest BCUT2D eigenvalue weighted by molar-refractivity contribution is 0.371. The molecule has 1 N–H and O–H groups in total. The van der Waals surface area contributed by atoms with Gasteiger partial charge in [0, 0.05) is 10.5 Å². The summed E-state index contributed by atoms with van der Waals surface area (Å²) in [4.78, 5) is 0. The Bertz CT molecular complexity index is 620. The summed E-state index contributed by atoms with van der Waals surface area (Å²) in [6.45, 7) is 2.16. The largest absolute Gasteiger partial charge is 0.380 e. The molecule has 104 valence electrons. The predicted octanol–water partition coefficient (Wildman–Crippen LogP) is 5.25. The van der Waals surface area contributed by atoms with Crippen LogP contribution in [0.3, 0.4) is 0 Å². The van der Waals surface area contributed by atoms with Gasteiger partial charge in [-0.25, -0.2) is 4.39 Å². The van der Waals surface area contributed by atoms with Crippen molar-refractivity contribution >= 4 is 21.6 Å². The smallest absolute Gasteiger partial charge is 0.147 e. The quantitative estimate of drug-likeness (QED) is 0.808. The van der Waals surface area contributed by atoms with Gasteiger partial charge < -0.3 is 5.32 Å². The van der Waals surface area contributed by atoms with Crippen LogP contribution in [0.15, 0.2) is 46.9 Å². The molecule has 0 bridgehead atoms. The van der Waals surface area contributed by atoms with Crippen LogP contribution in [0.2, 0.25) is 0 Å². The van der Waals surface area contributed by atoms with Gasteiger partial charge in [-0.3, -0.25) is 0 Å². The second kappa shape index (κ2) is 5.57. The summed E-state index contributed by atoms with van der Waals surface area (Å²) in [5, 5.41) is 3.30. The lowest BCUT2D eigenvalue weighted by Crippen LogP contribution is -2.34. The average Bonchev–Trinajstić information content (AvgIpc) is 2.37. The highest BCUT2D eigenvalue weighted by Crippen LogP contribution is 2.40. The van der Waals surface area contributed by atoms with Crippen molar-refractivity contribution in [2.45, 2.75) is 31.7 Å². The van der Waals surface area contributed by atoms with Crippen molar-refractivity contribution in [1.82, 2.24) is 0 Å². The van der Waals surface area contributed by atoms with E-state index < -0.39 is 0 Å². The highest BCUT2D eigenvalue weighted by Gasteiger charge is 2.31. The van der Waals surface area contributed by atoms with Crippen LogP contribution in [-0.4, -0.2) is 6.04 Å². The summed E-state index contributed by atoms with van der Waals surface area (Å²) in [7, 11) is 0. The third-order valence-electron chi connectivity index (χ3n) is 4.06. The van der Waals surface area contributed by atoms with Crippen LogP contribution >= 0.6 is 15.9 Å². The predicted molar refractivity (Wildman–Crippen MR) is 84.7 cm³/mol. The van der Waals surface area contributed by atoms with E-state index in [0.29, 0.717) is 17.6 Å². The molecule has 1 saturated carbocycles. The van der Waals surface area contributed by atoms with E-state index >= 15 is 0 Å². The first-order chi connectivity index (χ1) is 9.63. The molecule has 2 aromatic carbocycles. The van der Waals surface area contributed by atoms with E-state index in [4.69, 9.17) is 0 Å². The molecular formula is C17H17BrFN. The first kappa shape index (κ1) is 13.6. The number of hydrogen-bond donors (Lipinski definition) is 1. The van der Waals surface area contributed by atoms with Gasteiger partial charge in [0.15, 0.2) is 0 Å². The number of nitrogens with one attached hydrogen (secondary N) is 1. The molecular weight excluding hydrogens is 317 g/mol. The Balaban J connectivity index is 1.62. The molecule has 0 saturated heterocycles. The molecule has 2 aromatic rings. The second-order valence-electron chi connectivity index (χ2n) is 5.49. The van der Waals surface area contributed by atoms with Crippen LogP contribution in [0, 0.1) is 12.7 Å². The minimum atomic E-state index is -0.196. The fourth-order valence-electron chi connectivity index (χ4n) is 2.86. The zero-order valence-electron chi connectivity index (χ0n) is 11.4. The maximum absolute atomic E-state index is 13.8. The lowest BCUT2D eigenvalue weighted by atomic mass is 9.74. The molecule has 1 fully saturated rings. The van der Waals surface area contributed by atoms with Crippen molar-refractivity contribution in [2.24, 2.45) is 0 Å². The van der Waals surface area contributed by atoms with Crippen molar-refractivity contribution < 1.29 is 4.39 Å². The Kier molecular flexibility index (Phi) is 3.79. The number of benzene rings is 2. The SMILES string of the molecule is Cc1ccccc1C1CC(Nc2ccc(Br)cc2F)C1. The minimum Gasteiger partial charge on any atom is -0.380 e. The topological polar surface area (TPSA) is 12.0 Å². The Morgan fingerprint density at radius 1 is 1.15 bits per heavy atom. The van der Waals surface area contributed by atoms with Crippen molar-refractivity contribution in [3.63, 3.8) is 0 Å². The van der Waals surface area contributed by atoms with Gasteiger partial charge >= 0.3 is 0 Å². The molecule has 1 nitrogen and oxygen atoms in total. The van der Waals surface area contributed by atoms with Gasteiger partial charge in [0.2, 0.25) is 0 Å². The molecule has 0 unspecified atom stereocenters. The summed E-state index contributed by atoms with van der Waals surface area (Å²) in [6.07, 6.45) is 2.14. The Morgan fingerprint density at radius 2 is 1.90 bits per heavy atom. The van der Waals surface area contributed by atoms with Gasteiger partial charge in [-0.15, -0.1) is 0 Å². The number of rotatable bonds is 3. The monoisotopic (exact) mass is 333 g/mol. The molecule has 1 aliphatic carbocycles. The standard InChI is InChI=1S/C17H17BrFN/c1-11-4-2-3-5-15(11)12-8-14(9-12)20-17-7-6-13(18)10-16(17)19/h2-7,10,12,14,20H,8-9H2,1H3. The molecule has 20 heavy (non-hydrogen) atoms. The van der Waals surface area contributed by atoms with Crippen molar-refractivity contribution in [3.05, 3.63) is 63.9 Å². The maximum atomic E-state index is 13.8. The van der Waals surface area contributed by atoms with E-state index in [0.717, 1.165) is 17.3 Å².